The SMILES string of the molecule is CCOc1ccc([C@H]2c3c(oc4ccc(Cl)cc4c3=O)C(=O)N2CCCN(C)C)cc1. The highest BCUT2D eigenvalue weighted by Gasteiger charge is 2.42. The van der Waals surface area contributed by atoms with Crippen LogP contribution in [0.5, 0.6) is 5.75 Å². The van der Waals surface area contributed by atoms with Gasteiger partial charge < -0.3 is 19.0 Å². The number of hydrogen-bond donors (Lipinski definition) is 0. The third kappa shape index (κ3) is 4.05. The second-order valence-corrected chi connectivity index (χ2v) is 8.31. The van der Waals surface area contributed by atoms with Crippen molar-refractivity contribution in [2.75, 3.05) is 33.8 Å². The monoisotopic (exact) mass is 440 g/mol. The molecule has 1 aromatic heterocycles. The van der Waals surface area contributed by atoms with Crippen molar-refractivity contribution in [2.45, 2.75) is 19.4 Å². The number of halogens is 1. The lowest BCUT2D eigenvalue weighted by molar-refractivity contribution is 0.0722. The number of ether oxygens (including phenoxy) is 1. The van der Waals surface area contributed by atoms with Crippen molar-refractivity contribution in [3.05, 3.63) is 74.6 Å². The number of hydrogen-bond acceptors (Lipinski definition) is 5. The van der Waals surface area contributed by atoms with E-state index in [1.54, 1.807) is 23.1 Å². The number of carbonyl (C=O) groups is 1. The molecule has 0 spiro atoms. The minimum absolute atomic E-state index is 0.114. The highest BCUT2D eigenvalue weighted by atomic mass is 35.5. The van der Waals surface area contributed by atoms with Crippen LogP contribution in [0.2, 0.25) is 5.02 Å². The second-order valence-electron chi connectivity index (χ2n) is 7.87. The molecule has 1 aliphatic heterocycles. The maximum absolute atomic E-state index is 13.5. The van der Waals surface area contributed by atoms with Gasteiger partial charge in [-0.2, -0.15) is 0 Å². The maximum atomic E-state index is 13.5. The molecule has 0 aliphatic carbocycles. The van der Waals surface area contributed by atoms with Crippen molar-refractivity contribution in [1.82, 2.24) is 9.80 Å². The van der Waals surface area contributed by atoms with E-state index in [0.717, 1.165) is 24.3 Å². The van der Waals surface area contributed by atoms with Crippen LogP contribution in [0.1, 0.15) is 41.1 Å². The molecule has 162 valence electrons. The lowest BCUT2D eigenvalue weighted by Gasteiger charge is -2.26. The molecule has 31 heavy (non-hydrogen) atoms. The van der Waals surface area contributed by atoms with Gasteiger partial charge in [-0.1, -0.05) is 23.7 Å². The Hall–Kier alpha value is -2.83. The van der Waals surface area contributed by atoms with Crippen molar-refractivity contribution < 1.29 is 13.9 Å². The molecular weight excluding hydrogens is 416 g/mol. The van der Waals surface area contributed by atoms with E-state index in [2.05, 4.69) is 4.90 Å². The largest absolute Gasteiger partial charge is 0.494 e. The van der Waals surface area contributed by atoms with Crippen molar-refractivity contribution in [3.63, 3.8) is 0 Å². The summed E-state index contributed by atoms with van der Waals surface area (Å²) in [5.74, 6) is 0.595. The number of rotatable bonds is 7. The number of amides is 1. The number of nitrogens with zero attached hydrogens (tertiary/aromatic N) is 2. The first kappa shape index (κ1) is 21.4. The summed E-state index contributed by atoms with van der Waals surface area (Å²) in [6.45, 7) is 3.83. The lowest BCUT2D eigenvalue weighted by atomic mass is 9.98. The van der Waals surface area contributed by atoms with E-state index in [1.165, 1.54) is 0 Å². The first-order chi connectivity index (χ1) is 14.9. The summed E-state index contributed by atoms with van der Waals surface area (Å²) in [4.78, 5) is 30.6. The molecule has 2 aromatic carbocycles. The van der Waals surface area contributed by atoms with E-state index in [0.29, 0.717) is 34.7 Å². The van der Waals surface area contributed by atoms with Gasteiger partial charge in [0, 0.05) is 11.6 Å². The molecule has 2 heterocycles. The van der Waals surface area contributed by atoms with Gasteiger partial charge >= 0.3 is 0 Å². The fourth-order valence-corrected chi connectivity index (χ4v) is 4.21. The van der Waals surface area contributed by atoms with Gasteiger partial charge in [0.2, 0.25) is 5.76 Å². The summed E-state index contributed by atoms with van der Waals surface area (Å²) in [6.07, 6.45) is 0.778. The molecule has 3 aromatic rings. The first-order valence-corrected chi connectivity index (χ1v) is 10.7. The number of benzene rings is 2. The van der Waals surface area contributed by atoms with Crippen molar-refractivity contribution in [1.29, 1.82) is 0 Å². The second kappa shape index (κ2) is 8.73. The predicted octanol–water partition coefficient (Wildman–Crippen LogP) is 4.34. The quantitative estimate of drug-likeness (QED) is 0.546. The molecule has 0 saturated carbocycles. The fraction of sp³-hybridized carbons (Fsp3) is 0.333. The summed E-state index contributed by atoms with van der Waals surface area (Å²) >= 11 is 6.12. The maximum Gasteiger partial charge on any atom is 0.290 e. The van der Waals surface area contributed by atoms with Crippen LogP contribution in [0.15, 0.2) is 51.7 Å². The first-order valence-electron chi connectivity index (χ1n) is 10.4. The molecule has 0 radical (unpaired) electrons. The molecule has 0 N–H and O–H groups in total. The van der Waals surface area contributed by atoms with Gasteiger partial charge in [-0.05, 0) is 69.9 Å². The topological polar surface area (TPSA) is 63.0 Å². The van der Waals surface area contributed by atoms with E-state index in [9.17, 15) is 9.59 Å². The van der Waals surface area contributed by atoms with Gasteiger partial charge in [0.15, 0.2) is 5.43 Å². The van der Waals surface area contributed by atoms with Crippen molar-refractivity contribution in [2.24, 2.45) is 0 Å². The van der Waals surface area contributed by atoms with E-state index in [1.807, 2.05) is 45.3 Å². The Balaban J connectivity index is 1.84. The summed E-state index contributed by atoms with van der Waals surface area (Å²) in [5.41, 5.74) is 1.35. The summed E-state index contributed by atoms with van der Waals surface area (Å²) in [5, 5.41) is 0.828. The standard InChI is InChI=1S/C24H25ClN2O4/c1-4-30-17-9-6-15(7-10-17)21-20-22(28)18-14-16(25)8-11-19(18)31-23(20)24(29)27(21)13-5-12-26(2)3/h6-11,14,21H,4-5,12-13H2,1-3H3/t21-/m0/s1. The molecule has 0 saturated heterocycles. The average molecular weight is 441 g/mol. The Morgan fingerprint density at radius 2 is 1.87 bits per heavy atom. The van der Waals surface area contributed by atoms with Crippen LogP contribution in [0.25, 0.3) is 11.0 Å². The predicted molar refractivity (Wildman–Crippen MR) is 121 cm³/mol. The number of carbonyl (C=O) groups excluding carboxylic acids is 1. The molecule has 4 rings (SSSR count). The zero-order valence-corrected chi connectivity index (χ0v) is 18.6. The van der Waals surface area contributed by atoms with Gasteiger partial charge in [-0.3, -0.25) is 9.59 Å². The van der Waals surface area contributed by atoms with E-state index in [-0.39, 0.29) is 17.1 Å². The Labute approximate surface area is 186 Å². The smallest absolute Gasteiger partial charge is 0.290 e. The molecule has 0 fully saturated rings. The Morgan fingerprint density at radius 3 is 2.55 bits per heavy atom. The molecule has 0 bridgehead atoms. The summed E-state index contributed by atoms with van der Waals surface area (Å²) in [6, 6.07) is 11.9. The van der Waals surface area contributed by atoms with Crippen LogP contribution >= 0.6 is 11.6 Å². The molecule has 6 nitrogen and oxygen atoms in total. The van der Waals surface area contributed by atoms with Crippen LogP contribution in [0, 0.1) is 0 Å². The van der Waals surface area contributed by atoms with Crippen molar-refractivity contribution in [3.8, 4) is 5.75 Å². The van der Waals surface area contributed by atoms with Gasteiger partial charge in [0.05, 0.1) is 23.6 Å². The van der Waals surface area contributed by atoms with Gasteiger partial charge in [0.1, 0.15) is 11.3 Å². The van der Waals surface area contributed by atoms with Gasteiger partial charge in [0.25, 0.3) is 5.91 Å². The van der Waals surface area contributed by atoms with E-state index in [4.69, 9.17) is 20.8 Å². The summed E-state index contributed by atoms with van der Waals surface area (Å²) in [7, 11) is 3.98. The zero-order valence-electron chi connectivity index (χ0n) is 17.9. The summed E-state index contributed by atoms with van der Waals surface area (Å²) < 4.78 is 11.5. The third-order valence-corrected chi connectivity index (χ3v) is 5.67. The minimum atomic E-state index is -0.514. The van der Waals surface area contributed by atoms with Crippen LogP contribution < -0.4 is 10.2 Å². The highest BCUT2D eigenvalue weighted by molar-refractivity contribution is 6.31. The van der Waals surface area contributed by atoms with Crippen LogP contribution in [0.4, 0.5) is 0 Å². The number of fused-ring (bicyclic) bond motifs is 2. The molecule has 0 unspecified atom stereocenters. The molecule has 1 aliphatic rings. The fourth-order valence-electron chi connectivity index (χ4n) is 4.04. The van der Waals surface area contributed by atoms with Crippen LogP contribution in [0.3, 0.4) is 0 Å². The van der Waals surface area contributed by atoms with Gasteiger partial charge in [-0.15, -0.1) is 0 Å². The zero-order chi connectivity index (χ0) is 22.1. The average Bonchev–Trinajstić information content (AvgIpc) is 3.02. The third-order valence-electron chi connectivity index (χ3n) is 5.44. The Morgan fingerprint density at radius 1 is 1.13 bits per heavy atom. The van der Waals surface area contributed by atoms with Gasteiger partial charge in [-0.25, -0.2) is 0 Å². The molecule has 7 heteroatoms. The van der Waals surface area contributed by atoms with Crippen LogP contribution in [-0.4, -0.2) is 49.5 Å². The van der Waals surface area contributed by atoms with E-state index < -0.39 is 6.04 Å². The Kier molecular flexibility index (Phi) is 6.03. The molecule has 1 atom stereocenters. The van der Waals surface area contributed by atoms with E-state index >= 15 is 0 Å². The van der Waals surface area contributed by atoms with Crippen molar-refractivity contribution >= 4 is 28.5 Å². The minimum Gasteiger partial charge on any atom is -0.494 e. The highest BCUT2D eigenvalue weighted by Crippen LogP contribution is 2.38. The van der Waals surface area contributed by atoms with Crippen LogP contribution in [-0.2, 0) is 0 Å². The normalized spacial score (nSPS) is 15.7. The lowest BCUT2D eigenvalue weighted by Crippen LogP contribution is -2.32. The Bertz CT molecular complexity index is 1170. The molecule has 1 amide bonds. The molecular formula is C24H25ClN2O4.